The van der Waals surface area contributed by atoms with Gasteiger partial charge in [-0.2, -0.15) is 9.59 Å². The van der Waals surface area contributed by atoms with Gasteiger partial charge in [-0.05, 0) is 24.3 Å². The summed E-state index contributed by atoms with van der Waals surface area (Å²) < 4.78 is 31.4. The van der Waals surface area contributed by atoms with Gasteiger partial charge in [0.1, 0.15) is 5.75 Å². The highest BCUT2D eigenvalue weighted by atomic mass is 32.2. The molecule has 2 aromatic carbocycles. The Morgan fingerprint density at radius 1 is 0.955 bits per heavy atom. The molecule has 0 heterocycles. The van der Waals surface area contributed by atoms with Crippen molar-refractivity contribution in [3.05, 3.63) is 54.6 Å². The van der Waals surface area contributed by atoms with E-state index in [-0.39, 0.29) is 11.0 Å². The third-order valence-electron chi connectivity index (χ3n) is 2.83. The lowest BCUT2D eigenvalue weighted by atomic mass is 10.3. The van der Waals surface area contributed by atoms with E-state index in [1.165, 1.54) is 18.5 Å². The zero-order chi connectivity index (χ0) is 16.6. The summed E-state index contributed by atoms with van der Waals surface area (Å²) in [5, 5.41) is 0. The molecule has 0 aliphatic heterocycles. The number of ether oxygens (including phenoxy) is 1. The fourth-order valence-corrected chi connectivity index (χ4v) is 3.00. The largest absolute Gasteiger partial charge is 0.495 e. The van der Waals surface area contributed by atoms with Crippen LogP contribution in [0, 0.1) is 0 Å². The van der Waals surface area contributed by atoms with Crippen molar-refractivity contribution in [1.82, 2.24) is 0 Å². The van der Waals surface area contributed by atoms with Gasteiger partial charge in [0, 0.05) is 7.05 Å². The zero-order valence-electron chi connectivity index (χ0n) is 12.1. The van der Waals surface area contributed by atoms with Gasteiger partial charge in [0.15, 0.2) is 0 Å². The normalized spacial score (nSPS) is 9.91. The number of carbonyl (C=O) groups excluding carboxylic acids is 2. The molecule has 0 saturated heterocycles. The van der Waals surface area contributed by atoms with Crippen molar-refractivity contribution in [2.24, 2.45) is 0 Å². The van der Waals surface area contributed by atoms with E-state index in [2.05, 4.69) is 0 Å². The molecule has 0 fully saturated rings. The van der Waals surface area contributed by atoms with Crippen LogP contribution >= 0.6 is 0 Å². The zero-order valence-corrected chi connectivity index (χ0v) is 12.9. The van der Waals surface area contributed by atoms with Crippen LogP contribution in [-0.2, 0) is 19.6 Å². The SMILES string of the molecule is COc1ccccc1N(C)S(=O)(=O)c1ccccc1.O=C=O. The molecular weight excluding hydrogens is 306 g/mol. The van der Waals surface area contributed by atoms with Crippen molar-refractivity contribution in [2.45, 2.75) is 4.90 Å². The van der Waals surface area contributed by atoms with E-state index < -0.39 is 10.0 Å². The maximum atomic E-state index is 12.5. The first-order valence-corrected chi connectivity index (χ1v) is 7.59. The molecule has 0 unspecified atom stereocenters. The van der Waals surface area contributed by atoms with Crippen LogP contribution in [0.4, 0.5) is 5.69 Å². The third-order valence-corrected chi connectivity index (χ3v) is 4.61. The molecule has 0 bridgehead atoms. The van der Waals surface area contributed by atoms with Crippen molar-refractivity contribution in [2.75, 3.05) is 18.5 Å². The van der Waals surface area contributed by atoms with Crippen LogP contribution < -0.4 is 9.04 Å². The fourth-order valence-electron chi connectivity index (χ4n) is 1.77. The fraction of sp³-hybridized carbons (Fsp3) is 0.133. The second-order valence-corrected chi connectivity index (χ2v) is 6.01. The topological polar surface area (TPSA) is 80.8 Å². The third kappa shape index (κ3) is 3.94. The van der Waals surface area contributed by atoms with Crippen LogP contribution in [0.5, 0.6) is 5.75 Å². The smallest absolute Gasteiger partial charge is 0.373 e. The van der Waals surface area contributed by atoms with Gasteiger partial charge in [-0.25, -0.2) is 8.42 Å². The number of benzene rings is 2. The molecule has 0 radical (unpaired) electrons. The summed E-state index contributed by atoms with van der Waals surface area (Å²) in [5.41, 5.74) is 0.508. The molecule has 116 valence electrons. The number of rotatable bonds is 4. The van der Waals surface area contributed by atoms with Crippen LogP contribution in [0.2, 0.25) is 0 Å². The molecule has 0 saturated carbocycles. The van der Waals surface area contributed by atoms with Crippen LogP contribution in [-0.4, -0.2) is 28.7 Å². The summed E-state index contributed by atoms with van der Waals surface area (Å²) in [6.07, 6.45) is 0.250. The number of para-hydroxylation sites is 2. The van der Waals surface area contributed by atoms with Crippen molar-refractivity contribution in [3.63, 3.8) is 0 Å². The quantitative estimate of drug-likeness (QED) is 0.859. The van der Waals surface area contributed by atoms with Gasteiger partial charge in [-0.15, -0.1) is 0 Å². The Kier molecular flexibility index (Phi) is 6.31. The highest BCUT2D eigenvalue weighted by Crippen LogP contribution is 2.30. The molecule has 0 amide bonds. The molecule has 2 aromatic rings. The molecule has 22 heavy (non-hydrogen) atoms. The summed E-state index contributed by atoms with van der Waals surface area (Å²) in [6, 6.07) is 15.3. The average molecular weight is 321 g/mol. The first kappa shape index (κ1) is 17.4. The number of hydrogen-bond donors (Lipinski definition) is 0. The van der Waals surface area contributed by atoms with Crippen molar-refractivity contribution >= 4 is 21.9 Å². The lowest BCUT2D eigenvalue weighted by Crippen LogP contribution is -2.26. The highest BCUT2D eigenvalue weighted by Gasteiger charge is 2.22. The van der Waals surface area contributed by atoms with Gasteiger partial charge in [0.2, 0.25) is 0 Å². The molecule has 2 rings (SSSR count). The van der Waals surface area contributed by atoms with Crippen molar-refractivity contribution in [3.8, 4) is 5.75 Å². The Bertz CT molecular complexity index is 738. The molecule has 7 heteroatoms. The van der Waals surface area contributed by atoms with E-state index in [1.807, 2.05) is 0 Å². The first-order valence-electron chi connectivity index (χ1n) is 6.15. The molecule has 0 spiro atoms. The number of hydrogen-bond acceptors (Lipinski definition) is 5. The molecule has 0 atom stereocenters. The first-order chi connectivity index (χ1) is 10.5. The van der Waals surface area contributed by atoms with Crippen LogP contribution in [0.25, 0.3) is 0 Å². The Morgan fingerprint density at radius 2 is 1.45 bits per heavy atom. The molecule has 6 nitrogen and oxygen atoms in total. The number of methoxy groups -OCH3 is 1. The van der Waals surface area contributed by atoms with E-state index in [0.29, 0.717) is 11.4 Å². The van der Waals surface area contributed by atoms with E-state index in [4.69, 9.17) is 14.3 Å². The van der Waals surface area contributed by atoms with Gasteiger partial charge in [-0.1, -0.05) is 30.3 Å². The van der Waals surface area contributed by atoms with E-state index in [0.717, 1.165) is 0 Å². The Morgan fingerprint density at radius 3 is 2.00 bits per heavy atom. The second kappa shape index (κ2) is 7.97. The maximum absolute atomic E-state index is 12.5. The maximum Gasteiger partial charge on any atom is 0.373 e. The number of nitrogens with zero attached hydrogens (tertiary/aromatic N) is 1. The van der Waals surface area contributed by atoms with Gasteiger partial charge in [-0.3, -0.25) is 4.31 Å². The Labute approximate surface area is 129 Å². The summed E-state index contributed by atoms with van der Waals surface area (Å²) >= 11 is 0. The predicted octanol–water partition coefficient (Wildman–Crippen LogP) is 1.94. The van der Waals surface area contributed by atoms with Gasteiger partial charge in [0.25, 0.3) is 10.0 Å². The van der Waals surface area contributed by atoms with Crippen LogP contribution in [0.1, 0.15) is 0 Å². The van der Waals surface area contributed by atoms with E-state index in [1.54, 1.807) is 54.6 Å². The summed E-state index contributed by atoms with van der Waals surface area (Å²) in [6.45, 7) is 0. The second-order valence-electron chi connectivity index (χ2n) is 4.04. The van der Waals surface area contributed by atoms with Crippen molar-refractivity contribution < 1.29 is 22.7 Å². The van der Waals surface area contributed by atoms with Gasteiger partial charge in [0.05, 0.1) is 17.7 Å². The minimum absolute atomic E-state index is 0.250. The minimum Gasteiger partial charge on any atom is -0.495 e. The van der Waals surface area contributed by atoms with E-state index >= 15 is 0 Å². The molecule has 0 aliphatic carbocycles. The van der Waals surface area contributed by atoms with Gasteiger partial charge < -0.3 is 4.74 Å². The summed E-state index contributed by atoms with van der Waals surface area (Å²) in [4.78, 5) is 16.5. The molecule has 0 N–H and O–H groups in total. The molecular formula is C15H15NO5S. The number of anilines is 1. The number of sulfonamides is 1. The molecule has 0 aliphatic rings. The highest BCUT2D eigenvalue weighted by molar-refractivity contribution is 7.92. The standard InChI is InChI=1S/C14H15NO3S.CO2/c1-15(13-10-6-7-11-14(13)18-2)19(16,17)12-8-4-3-5-9-12;2-1-3/h3-11H,1-2H3;. The Balaban J connectivity index is 0.000000745. The van der Waals surface area contributed by atoms with Gasteiger partial charge >= 0.3 is 6.15 Å². The lowest BCUT2D eigenvalue weighted by molar-refractivity contribution is -0.191. The minimum atomic E-state index is -3.57. The predicted molar refractivity (Wildman–Crippen MR) is 80.0 cm³/mol. The lowest BCUT2D eigenvalue weighted by Gasteiger charge is -2.21. The van der Waals surface area contributed by atoms with Crippen molar-refractivity contribution in [1.29, 1.82) is 0 Å². The van der Waals surface area contributed by atoms with Crippen LogP contribution in [0.3, 0.4) is 0 Å². The summed E-state index contributed by atoms with van der Waals surface area (Å²) in [7, 11) is -0.542. The molecule has 0 aromatic heterocycles. The van der Waals surface area contributed by atoms with Crippen LogP contribution in [0.15, 0.2) is 59.5 Å². The average Bonchev–Trinajstić information content (AvgIpc) is 2.55. The Hall–Kier alpha value is -2.63. The van der Waals surface area contributed by atoms with E-state index in [9.17, 15) is 8.42 Å². The monoisotopic (exact) mass is 321 g/mol. The summed E-state index contributed by atoms with van der Waals surface area (Å²) in [5.74, 6) is 0.518.